The maximum Gasteiger partial charge on any atom is 0.313 e. The molecule has 2 aromatic carbocycles. The van der Waals surface area contributed by atoms with Crippen molar-refractivity contribution in [3.05, 3.63) is 71.3 Å². The molecule has 1 fully saturated rings. The van der Waals surface area contributed by atoms with Crippen molar-refractivity contribution in [2.45, 2.75) is 25.5 Å². The number of hydrogen-bond acceptors (Lipinski definition) is 14. The fourth-order valence-corrected chi connectivity index (χ4v) is 4.80. The summed E-state index contributed by atoms with van der Waals surface area (Å²) in [5.41, 5.74) is 2.05. The molecule has 3 aromatic rings. The predicted molar refractivity (Wildman–Crippen MR) is 190 cm³/mol. The van der Waals surface area contributed by atoms with Crippen LogP contribution < -0.4 is 14.8 Å². The average Bonchev–Trinajstić information content (AvgIpc) is 3.60. The van der Waals surface area contributed by atoms with E-state index in [-0.39, 0.29) is 26.2 Å². The van der Waals surface area contributed by atoms with E-state index >= 15 is 0 Å². The van der Waals surface area contributed by atoms with Crippen molar-refractivity contribution >= 4 is 5.97 Å². The predicted octanol–water partition coefficient (Wildman–Crippen LogP) is 3.09. The van der Waals surface area contributed by atoms with Crippen LogP contribution in [0.3, 0.4) is 0 Å². The highest BCUT2D eigenvalue weighted by molar-refractivity contribution is 5.72. The number of aromatic nitrogens is 3. The topological polar surface area (TPSA) is 152 Å². The lowest BCUT2D eigenvalue weighted by Gasteiger charge is -2.27. The smallest absolute Gasteiger partial charge is 0.313 e. The summed E-state index contributed by atoms with van der Waals surface area (Å²) in [6.45, 7) is 9.06. The Balaban J connectivity index is 0.834. The van der Waals surface area contributed by atoms with E-state index in [1.807, 2.05) is 12.1 Å². The van der Waals surface area contributed by atoms with E-state index in [9.17, 15) is 18.0 Å². The van der Waals surface area contributed by atoms with Gasteiger partial charge >= 0.3 is 5.97 Å². The first-order valence-electron chi connectivity index (χ1n) is 18.3. The summed E-state index contributed by atoms with van der Waals surface area (Å²) in [5, 5.41) is 11.5. The Bertz CT molecular complexity index is 1460. The first-order valence-corrected chi connectivity index (χ1v) is 18.3. The second-order valence-corrected chi connectivity index (χ2v) is 12.0. The first kappa shape index (κ1) is 44.0. The van der Waals surface area contributed by atoms with E-state index in [4.69, 9.17) is 42.6 Å². The van der Waals surface area contributed by atoms with Gasteiger partial charge in [-0.2, -0.15) is 0 Å². The molecule has 1 aromatic heterocycles. The van der Waals surface area contributed by atoms with Crippen LogP contribution in [-0.4, -0.2) is 140 Å². The molecule has 0 aliphatic carbocycles. The number of nitrogens with one attached hydrogen (secondary N) is 1. The molecule has 55 heavy (non-hydrogen) atoms. The zero-order chi connectivity index (χ0) is 38.8. The highest BCUT2D eigenvalue weighted by Crippen LogP contribution is 2.23. The standard InChI is InChI=1S/C37H51F3N4O11/c38-31-23-34(39)37(35(40)24-31)55-36(45)5-7-46-9-11-48-13-14-49-12-10-47-8-6-44-27-32(42-43-44)28-53-20-19-51-16-15-50-17-18-52-21-22-54-33-3-1-29(2-4-33)30-25-41-26-30/h1-4,23-24,27,30,41H,5-22,25-26,28H2. The quantitative estimate of drug-likeness (QED) is 0.0561. The Morgan fingerprint density at radius 1 is 0.673 bits per heavy atom. The molecule has 1 aliphatic rings. The van der Waals surface area contributed by atoms with Gasteiger partial charge in [0.1, 0.15) is 23.9 Å². The van der Waals surface area contributed by atoms with Gasteiger partial charge in [0.05, 0.1) is 125 Å². The van der Waals surface area contributed by atoms with E-state index in [0.29, 0.717) is 123 Å². The number of ether oxygens (including phenoxy) is 10. The normalized spacial score (nSPS) is 12.9. The van der Waals surface area contributed by atoms with E-state index in [2.05, 4.69) is 32.5 Å². The number of nitrogens with zero attached hydrogens (tertiary/aromatic N) is 3. The van der Waals surface area contributed by atoms with Gasteiger partial charge in [0, 0.05) is 31.1 Å². The summed E-state index contributed by atoms with van der Waals surface area (Å²) in [5.74, 6) is -4.10. The van der Waals surface area contributed by atoms with Crippen LogP contribution in [0.2, 0.25) is 0 Å². The minimum absolute atomic E-state index is 0.0394. The second-order valence-electron chi connectivity index (χ2n) is 12.0. The lowest BCUT2D eigenvalue weighted by molar-refractivity contribution is -0.136. The van der Waals surface area contributed by atoms with Gasteiger partial charge in [-0.05, 0) is 17.7 Å². The summed E-state index contributed by atoms with van der Waals surface area (Å²) in [6.07, 6.45) is 1.56. The van der Waals surface area contributed by atoms with E-state index in [1.54, 1.807) is 10.9 Å². The van der Waals surface area contributed by atoms with Crippen molar-refractivity contribution in [1.82, 2.24) is 20.3 Å². The highest BCUT2D eigenvalue weighted by atomic mass is 19.1. The van der Waals surface area contributed by atoms with Gasteiger partial charge in [0.15, 0.2) is 11.6 Å². The van der Waals surface area contributed by atoms with Crippen molar-refractivity contribution in [1.29, 1.82) is 0 Å². The third-order valence-electron chi connectivity index (χ3n) is 7.79. The van der Waals surface area contributed by atoms with Crippen molar-refractivity contribution in [3.63, 3.8) is 0 Å². The molecule has 2 heterocycles. The molecule has 18 heteroatoms. The van der Waals surface area contributed by atoms with Crippen LogP contribution in [0.15, 0.2) is 42.6 Å². The zero-order valence-electron chi connectivity index (χ0n) is 30.9. The van der Waals surface area contributed by atoms with Crippen LogP contribution in [-0.2, 0) is 55.8 Å². The van der Waals surface area contributed by atoms with Crippen LogP contribution in [0.5, 0.6) is 11.5 Å². The van der Waals surface area contributed by atoms with Crippen molar-refractivity contribution in [3.8, 4) is 11.5 Å². The van der Waals surface area contributed by atoms with Gasteiger partial charge in [-0.25, -0.2) is 17.9 Å². The Morgan fingerprint density at radius 3 is 1.73 bits per heavy atom. The molecule has 0 atom stereocenters. The van der Waals surface area contributed by atoms with Gasteiger partial charge in [0.25, 0.3) is 0 Å². The molecule has 306 valence electrons. The van der Waals surface area contributed by atoms with Crippen molar-refractivity contribution in [2.75, 3.05) is 119 Å². The molecule has 0 unspecified atom stereocenters. The fourth-order valence-electron chi connectivity index (χ4n) is 4.80. The largest absolute Gasteiger partial charge is 0.491 e. The number of benzene rings is 2. The molecule has 0 radical (unpaired) electrons. The van der Waals surface area contributed by atoms with Crippen LogP contribution in [0.4, 0.5) is 13.2 Å². The number of esters is 1. The molecule has 0 amide bonds. The number of halogens is 3. The van der Waals surface area contributed by atoms with Crippen molar-refractivity contribution < 1.29 is 65.3 Å². The molecule has 1 N–H and O–H groups in total. The Morgan fingerprint density at radius 2 is 1.18 bits per heavy atom. The van der Waals surface area contributed by atoms with Gasteiger partial charge in [0.2, 0.25) is 5.75 Å². The van der Waals surface area contributed by atoms with E-state index in [1.165, 1.54) is 5.56 Å². The summed E-state index contributed by atoms with van der Waals surface area (Å²) in [6, 6.07) is 9.12. The van der Waals surface area contributed by atoms with Crippen LogP contribution >= 0.6 is 0 Å². The third kappa shape index (κ3) is 18.6. The highest BCUT2D eigenvalue weighted by Gasteiger charge is 2.18. The molecule has 4 rings (SSSR count). The number of carbonyl (C=O) groups is 1. The van der Waals surface area contributed by atoms with Gasteiger partial charge in [-0.1, -0.05) is 17.3 Å². The minimum Gasteiger partial charge on any atom is -0.491 e. The molecule has 0 saturated carbocycles. The van der Waals surface area contributed by atoms with Crippen LogP contribution in [0, 0.1) is 17.5 Å². The second kappa shape index (κ2) is 27.0. The number of rotatable bonds is 32. The summed E-state index contributed by atoms with van der Waals surface area (Å²) in [4.78, 5) is 11.7. The zero-order valence-corrected chi connectivity index (χ0v) is 30.9. The monoisotopic (exact) mass is 784 g/mol. The molecule has 0 spiro atoms. The molecule has 1 saturated heterocycles. The average molecular weight is 785 g/mol. The third-order valence-corrected chi connectivity index (χ3v) is 7.79. The first-order chi connectivity index (χ1) is 27.0. The maximum absolute atomic E-state index is 13.5. The van der Waals surface area contributed by atoms with Crippen LogP contribution in [0.25, 0.3) is 0 Å². The Hall–Kier alpha value is -3.72. The van der Waals surface area contributed by atoms with Crippen molar-refractivity contribution in [2.24, 2.45) is 0 Å². The van der Waals surface area contributed by atoms with Gasteiger partial charge in [-0.15, -0.1) is 5.10 Å². The van der Waals surface area contributed by atoms with E-state index in [0.717, 1.165) is 18.8 Å². The van der Waals surface area contributed by atoms with Crippen LogP contribution in [0.1, 0.15) is 23.6 Å². The minimum atomic E-state index is -1.30. The molecule has 15 nitrogen and oxygen atoms in total. The van der Waals surface area contributed by atoms with E-state index < -0.39 is 29.2 Å². The number of hydrogen-bond donors (Lipinski definition) is 1. The fraction of sp³-hybridized carbons (Fsp3) is 0.595. The summed E-state index contributed by atoms with van der Waals surface area (Å²) < 4.78 is 95.8. The summed E-state index contributed by atoms with van der Waals surface area (Å²) in [7, 11) is 0. The molecule has 0 bridgehead atoms. The lowest BCUT2D eigenvalue weighted by Crippen LogP contribution is -2.39. The van der Waals surface area contributed by atoms with Gasteiger partial charge in [-0.3, -0.25) is 4.79 Å². The number of carbonyl (C=O) groups excluding carboxylic acids is 1. The molecular weight excluding hydrogens is 733 g/mol. The molecular formula is C37H51F3N4O11. The maximum atomic E-state index is 13.5. The Labute approximate surface area is 318 Å². The van der Waals surface area contributed by atoms with Gasteiger partial charge < -0.3 is 52.7 Å². The lowest BCUT2D eigenvalue weighted by atomic mass is 9.94. The SMILES string of the molecule is O=C(CCOCCOCCOCCOCCn1cc(COCCOCCOCCOCCOc2ccc(C3CNC3)cc2)nn1)Oc1c(F)cc(F)cc1F. The Kier molecular flexibility index (Phi) is 21.6. The molecule has 1 aliphatic heterocycles. The summed E-state index contributed by atoms with van der Waals surface area (Å²) >= 11 is 0.